The van der Waals surface area contributed by atoms with Crippen molar-refractivity contribution < 1.29 is 21.6 Å². The lowest BCUT2D eigenvalue weighted by Gasteiger charge is -2.21. The molecule has 0 bridgehead atoms. The van der Waals surface area contributed by atoms with Gasteiger partial charge < -0.3 is 4.42 Å². The first-order valence-corrected chi connectivity index (χ1v) is 10.3. The average molecular weight is 407 g/mol. The second-order valence-corrected chi connectivity index (χ2v) is 8.63. The summed E-state index contributed by atoms with van der Waals surface area (Å²) in [6.07, 6.45) is 4.08. The quantitative estimate of drug-likeness (QED) is 0.630. The molecule has 0 unspecified atom stereocenters. The number of sulfonamides is 1. The molecule has 1 aromatic carbocycles. The van der Waals surface area contributed by atoms with E-state index < -0.39 is 26.6 Å². The van der Waals surface area contributed by atoms with Crippen molar-refractivity contribution in [2.24, 2.45) is 7.05 Å². The topological polar surface area (TPSA) is 68.3 Å². The number of hydrogen-bond acceptors (Lipinski definition) is 4. The Balaban J connectivity index is 1.77. The van der Waals surface area contributed by atoms with Crippen LogP contribution in [0, 0.1) is 11.6 Å². The van der Waals surface area contributed by atoms with Gasteiger partial charge in [-0.25, -0.2) is 17.2 Å². The number of aryl methyl sites for hydroxylation is 1. The van der Waals surface area contributed by atoms with Crippen molar-refractivity contribution in [3.05, 3.63) is 70.9 Å². The van der Waals surface area contributed by atoms with E-state index in [9.17, 15) is 17.2 Å². The van der Waals surface area contributed by atoms with E-state index in [1.165, 1.54) is 6.26 Å². The molecule has 3 aromatic rings. The molecule has 0 amide bonds. The Bertz CT molecular complexity index is 1090. The third-order valence-corrected chi connectivity index (χ3v) is 6.80. The van der Waals surface area contributed by atoms with Gasteiger partial charge in [0.2, 0.25) is 10.0 Å². The van der Waals surface area contributed by atoms with Crippen molar-refractivity contribution >= 4 is 10.0 Å². The molecule has 1 aliphatic rings. The lowest BCUT2D eigenvalue weighted by Crippen LogP contribution is -2.32. The molecule has 0 spiro atoms. The summed E-state index contributed by atoms with van der Waals surface area (Å²) in [7, 11) is -2.66. The van der Waals surface area contributed by atoms with Crippen LogP contribution in [0.1, 0.15) is 29.1 Å². The molecule has 1 aliphatic carbocycles. The Kier molecular flexibility index (Phi) is 4.80. The number of nitrogens with zero attached hydrogens (tertiary/aromatic N) is 3. The molecule has 4 rings (SSSR count). The zero-order valence-corrected chi connectivity index (χ0v) is 16.0. The van der Waals surface area contributed by atoms with Crippen LogP contribution in [0.5, 0.6) is 0 Å². The molecule has 0 saturated carbocycles. The molecule has 0 saturated heterocycles. The molecule has 148 valence electrons. The zero-order valence-electron chi connectivity index (χ0n) is 15.2. The molecule has 6 nitrogen and oxygen atoms in total. The highest BCUT2D eigenvalue weighted by Gasteiger charge is 2.33. The van der Waals surface area contributed by atoms with Gasteiger partial charge in [-0.05, 0) is 49.1 Å². The van der Waals surface area contributed by atoms with Gasteiger partial charge in [0.25, 0.3) is 0 Å². The van der Waals surface area contributed by atoms with Gasteiger partial charge >= 0.3 is 0 Å². The van der Waals surface area contributed by atoms with Crippen molar-refractivity contribution in [3.63, 3.8) is 0 Å². The molecule has 0 fully saturated rings. The van der Waals surface area contributed by atoms with Gasteiger partial charge in [-0.3, -0.25) is 4.68 Å². The predicted molar refractivity (Wildman–Crippen MR) is 96.7 cm³/mol. The summed E-state index contributed by atoms with van der Waals surface area (Å²) < 4.78 is 62.9. The molecule has 2 aromatic heterocycles. The minimum Gasteiger partial charge on any atom is -0.468 e. The maximum Gasteiger partial charge on any atom is 0.249 e. The standard InChI is InChI=1S/C19H19F2N3O3S/c1-23-18-9-2-6-14(18)17(22-23)12-24(11-13-5-4-10-27-13)28(25,26)19-15(20)7-3-8-16(19)21/h3-5,7-8,10H,2,6,9,11-12H2,1H3. The van der Waals surface area contributed by atoms with Crippen LogP contribution in [-0.2, 0) is 43.0 Å². The Morgan fingerprint density at radius 2 is 1.89 bits per heavy atom. The molecule has 0 aliphatic heterocycles. The molecule has 28 heavy (non-hydrogen) atoms. The number of aromatic nitrogens is 2. The van der Waals surface area contributed by atoms with Gasteiger partial charge in [-0.2, -0.15) is 9.40 Å². The molecule has 0 atom stereocenters. The van der Waals surface area contributed by atoms with Gasteiger partial charge in [0, 0.05) is 12.7 Å². The van der Waals surface area contributed by atoms with Crippen LogP contribution in [-0.4, -0.2) is 22.5 Å². The monoisotopic (exact) mass is 407 g/mol. The third kappa shape index (κ3) is 3.24. The van der Waals surface area contributed by atoms with Crippen LogP contribution in [0.3, 0.4) is 0 Å². The number of halogens is 2. The summed E-state index contributed by atoms with van der Waals surface area (Å²) in [6.45, 7) is -0.256. The van der Waals surface area contributed by atoms with E-state index in [1.807, 2.05) is 7.05 Å². The van der Waals surface area contributed by atoms with E-state index >= 15 is 0 Å². The summed E-state index contributed by atoms with van der Waals surface area (Å²) in [5.41, 5.74) is 2.68. The highest BCUT2D eigenvalue weighted by molar-refractivity contribution is 7.89. The summed E-state index contributed by atoms with van der Waals surface area (Å²) in [6, 6.07) is 6.23. The first kappa shape index (κ1) is 18.8. The second-order valence-electron chi connectivity index (χ2n) is 6.75. The minimum absolute atomic E-state index is 0.0972. The van der Waals surface area contributed by atoms with Crippen molar-refractivity contribution in [2.45, 2.75) is 37.2 Å². The van der Waals surface area contributed by atoms with Gasteiger partial charge in [0.05, 0.1) is 25.0 Å². The van der Waals surface area contributed by atoms with Crippen LogP contribution >= 0.6 is 0 Å². The summed E-state index contributed by atoms with van der Waals surface area (Å²) in [4.78, 5) is -0.964. The zero-order chi connectivity index (χ0) is 19.9. The van der Waals surface area contributed by atoms with E-state index in [0.717, 1.165) is 53.0 Å². The smallest absolute Gasteiger partial charge is 0.249 e. The fourth-order valence-corrected chi connectivity index (χ4v) is 5.13. The second kappa shape index (κ2) is 7.14. The van der Waals surface area contributed by atoms with E-state index in [2.05, 4.69) is 5.10 Å². The summed E-state index contributed by atoms with van der Waals surface area (Å²) in [5.74, 6) is -1.89. The predicted octanol–water partition coefficient (Wildman–Crippen LogP) is 3.17. The van der Waals surface area contributed by atoms with Crippen LogP contribution < -0.4 is 0 Å². The van der Waals surface area contributed by atoms with E-state index in [4.69, 9.17) is 4.42 Å². The first-order valence-electron chi connectivity index (χ1n) is 8.88. The lowest BCUT2D eigenvalue weighted by molar-refractivity contribution is 0.349. The number of benzene rings is 1. The highest BCUT2D eigenvalue weighted by atomic mass is 32.2. The molecular weight excluding hydrogens is 388 g/mol. The first-order chi connectivity index (χ1) is 13.4. The lowest BCUT2D eigenvalue weighted by atomic mass is 10.2. The highest BCUT2D eigenvalue weighted by Crippen LogP contribution is 2.29. The fraction of sp³-hybridized carbons (Fsp3) is 0.316. The molecule has 0 radical (unpaired) electrons. The fourth-order valence-electron chi connectivity index (χ4n) is 3.65. The molecule has 0 N–H and O–H groups in total. The van der Waals surface area contributed by atoms with Crippen LogP contribution in [0.4, 0.5) is 8.78 Å². The average Bonchev–Trinajstić information content (AvgIpc) is 3.35. The van der Waals surface area contributed by atoms with Crippen molar-refractivity contribution in [3.8, 4) is 0 Å². The Labute approximate surface area is 161 Å². The van der Waals surface area contributed by atoms with Crippen LogP contribution in [0.2, 0.25) is 0 Å². The number of fused-ring (bicyclic) bond motifs is 1. The van der Waals surface area contributed by atoms with E-state index in [1.54, 1.807) is 16.8 Å². The summed E-state index contributed by atoms with van der Waals surface area (Å²) in [5, 5.41) is 4.45. The Morgan fingerprint density at radius 1 is 1.14 bits per heavy atom. The van der Waals surface area contributed by atoms with Crippen LogP contribution in [0.25, 0.3) is 0 Å². The van der Waals surface area contributed by atoms with Crippen LogP contribution in [0.15, 0.2) is 45.9 Å². The van der Waals surface area contributed by atoms with E-state index in [-0.39, 0.29) is 13.1 Å². The minimum atomic E-state index is -4.47. The number of hydrogen-bond donors (Lipinski definition) is 0. The Morgan fingerprint density at radius 3 is 2.57 bits per heavy atom. The molecular formula is C19H19F2N3O3S. The van der Waals surface area contributed by atoms with E-state index in [0.29, 0.717) is 11.5 Å². The van der Waals surface area contributed by atoms with Gasteiger partial charge in [-0.1, -0.05) is 6.07 Å². The molecule has 2 heterocycles. The Hall–Kier alpha value is -2.52. The molecule has 9 heteroatoms. The summed E-state index contributed by atoms with van der Waals surface area (Å²) >= 11 is 0. The number of furan rings is 1. The van der Waals surface area contributed by atoms with Gasteiger partial charge in [0.1, 0.15) is 17.4 Å². The van der Waals surface area contributed by atoms with Crippen molar-refractivity contribution in [1.29, 1.82) is 0 Å². The van der Waals surface area contributed by atoms with Gasteiger partial charge in [-0.15, -0.1) is 0 Å². The SMILES string of the molecule is Cn1nc(CN(Cc2ccco2)S(=O)(=O)c2c(F)cccc2F)c2c1CCC2. The van der Waals surface area contributed by atoms with Gasteiger partial charge in [0.15, 0.2) is 4.90 Å². The maximum atomic E-state index is 14.3. The number of rotatable bonds is 6. The van der Waals surface area contributed by atoms with Crippen molar-refractivity contribution in [1.82, 2.24) is 14.1 Å². The normalized spacial score (nSPS) is 14.0. The van der Waals surface area contributed by atoms with Crippen molar-refractivity contribution in [2.75, 3.05) is 0 Å². The maximum absolute atomic E-state index is 14.3. The largest absolute Gasteiger partial charge is 0.468 e. The third-order valence-electron chi connectivity index (χ3n) is 4.95.